The fraction of sp³-hybridized carbons (Fsp3) is 1.00. The molecular weight excluding hydrogens is 212 g/mol. The van der Waals surface area contributed by atoms with E-state index < -0.39 is 0 Å². The van der Waals surface area contributed by atoms with Crippen LogP contribution in [0.2, 0.25) is 0 Å². The molecule has 0 aromatic heterocycles. The van der Waals surface area contributed by atoms with Crippen molar-refractivity contribution in [2.45, 2.75) is 57.5 Å². The van der Waals surface area contributed by atoms with Gasteiger partial charge >= 0.3 is 0 Å². The normalized spacial score (nSPS) is 27.7. The van der Waals surface area contributed by atoms with Crippen molar-refractivity contribution in [2.75, 3.05) is 26.3 Å². The molecule has 1 saturated heterocycles. The Hall–Kier alpha value is -0.120. The topological polar surface area (TPSA) is 38.5 Å². The van der Waals surface area contributed by atoms with Crippen LogP contribution in [-0.4, -0.2) is 42.8 Å². The Kier molecular flexibility index (Phi) is 4.45. The van der Waals surface area contributed by atoms with Gasteiger partial charge in [-0.25, -0.2) is 0 Å². The van der Waals surface area contributed by atoms with E-state index in [1.165, 1.54) is 25.7 Å². The van der Waals surface area contributed by atoms with Gasteiger partial charge in [-0.05, 0) is 32.1 Å². The van der Waals surface area contributed by atoms with E-state index in [-0.39, 0.29) is 5.54 Å². The summed E-state index contributed by atoms with van der Waals surface area (Å²) in [7, 11) is 0. The maximum Gasteiger partial charge on any atom is 0.0594 e. The molecule has 0 amide bonds. The summed E-state index contributed by atoms with van der Waals surface area (Å²) in [5.74, 6) is 0.992. The summed E-state index contributed by atoms with van der Waals surface area (Å²) < 4.78 is 5.44. The van der Waals surface area contributed by atoms with Crippen molar-refractivity contribution >= 4 is 0 Å². The van der Waals surface area contributed by atoms with E-state index in [9.17, 15) is 0 Å². The lowest BCUT2D eigenvalue weighted by Gasteiger charge is -2.46. The van der Waals surface area contributed by atoms with Gasteiger partial charge in [-0.1, -0.05) is 19.8 Å². The Labute approximate surface area is 106 Å². The van der Waals surface area contributed by atoms with Gasteiger partial charge in [-0.2, -0.15) is 0 Å². The fourth-order valence-corrected chi connectivity index (χ4v) is 2.93. The van der Waals surface area contributed by atoms with Crippen LogP contribution < -0.4 is 5.73 Å². The predicted octanol–water partition coefficient (Wildman–Crippen LogP) is 2.00. The van der Waals surface area contributed by atoms with E-state index in [0.29, 0.717) is 6.04 Å². The van der Waals surface area contributed by atoms with Gasteiger partial charge in [0.15, 0.2) is 0 Å². The molecule has 2 unspecified atom stereocenters. The van der Waals surface area contributed by atoms with Crippen molar-refractivity contribution in [1.82, 2.24) is 4.90 Å². The molecule has 1 aliphatic carbocycles. The largest absolute Gasteiger partial charge is 0.379 e. The molecule has 2 atom stereocenters. The first-order chi connectivity index (χ1) is 8.16. The van der Waals surface area contributed by atoms with Gasteiger partial charge in [-0.3, -0.25) is 4.90 Å². The zero-order valence-electron chi connectivity index (χ0n) is 11.5. The van der Waals surface area contributed by atoms with Crippen molar-refractivity contribution in [3.05, 3.63) is 0 Å². The Morgan fingerprint density at radius 2 is 2.00 bits per heavy atom. The SMILES string of the molecule is CCC(C)(C(N)CCC1CC1)N1CCOCC1. The molecule has 0 aromatic carbocycles. The molecule has 2 N–H and O–H groups in total. The van der Waals surface area contributed by atoms with E-state index in [4.69, 9.17) is 10.5 Å². The number of rotatable bonds is 6. The molecule has 0 spiro atoms. The van der Waals surface area contributed by atoms with Gasteiger partial charge in [0.1, 0.15) is 0 Å². The highest BCUT2D eigenvalue weighted by molar-refractivity contribution is 4.96. The average Bonchev–Trinajstić information content (AvgIpc) is 3.20. The molecule has 2 aliphatic rings. The number of nitrogens with two attached hydrogens (primary N) is 1. The fourth-order valence-electron chi connectivity index (χ4n) is 2.93. The van der Waals surface area contributed by atoms with Crippen LogP contribution in [0.5, 0.6) is 0 Å². The zero-order valence-corrected chi connectivity index (χ0v) is 11.5. The van der Waals surface area contributed by atoms with Crippen molar-refractivity contribution in [3.8, 4) is 0 Å². The van der Waals surface area contributed by atoms with Gasteiger partial charge in [0, 0.05) is 24.7 Å². The predicted molar refractivity (Wildman–Crippen MR) is 71.0 cm³/mol. The molecular formula is C14H28N2O. The summed E-state index contributed by atoms with van der Waals surface area (Å²) >= 11 is 0. The lowest BCUT2D eigenvalue weighted by atomic mass is 9.84. The maximum atomic E-state index is 6.49. The molecule has 3 nitrogen and oxygen atoms in total. The van der Waals surface area contributed by atoms with E-state index in [1.807, 2.05) is 0 Å². The van der Waals surface area contributed by atoms with Crippen LogP contribution in [-0.2, 0) is 4.74 Å². The molecule has 0 bridgehead atoms. The van der Waals surface area contributed by atoms with Gasteiger partial charge in [-0.15, -0.1) is 0 Å². The Morgan fingerprint density at radius 1 is 1.35 bits per heavy atom. The van der Waals surface area contributed by atoms with E-state index >= 15 is 0 Å². The molecule has 17 heavy (non-hydrogen) atoms. The third-order valence-corrected chi connectivity index (χ3v) is 4.83. The van der Waals surface area contributed by atoms with Crippen molar-refractivity contribution in [3.63, 3.8) is 0 Å². The summed E-state index contributed by atoms with van der Waals surface area (Å²) in [5.41, 5.74) is 6.65. The monoisotopic (exact) mass is 240 g/mol. The highest BCUT2D eigenvalue weighted by atomic mass is 16.5. The Bertz CT molecular complexity index is 236. The number of nitrogens with zero attached hydrogens (tertiary/aromatic N) is 1. The van der Waals surface area contributed by atoms with Gasteiger partial charge in [0.05, 0.1) is 13.2 Å². The van der Waals surface area contributed by atoms with Crippen LogP contribution in [0.25, 0.3) is 0 Å². The molecule has 1 heterocycles. The second-order valence-electron chi connectivity index (χ2n) is 5.94. The maximum absolute atomic E-state index is 6.49. The summed E-state index contributed by atoms with van der Waals surface area (Å²) in [6, 6.07) is 0.311. The summed E-state index contributed by atoms with van der Waals surface area (Å²) in [5, 5.41) is 0. The Balaban J connectivity index is 1.89. The van der Waals surface area contributed by atoms with Crippen LogP contribution in [0.4, 0.5) is 0 Å². The second kappa shape index (κ2) is 5.68. The van der Waals surface area contributed by atoms with Gasteiger partial charge in [0.2, 0.25) is 0 Å². The summed E-state index contributed by atoms with van der Waals surface area (Å²) in [6.45, 7) is 8.43. The van der Waals surface area contributed by atoms with Crippen molar-refractivity contribution in [2.24, 2.45) is 11.7 Å². The van der Waals surface area contributed by atoms with Gasteiger partial charge in [0.25, 0.3) is 0 Å². The summed E-state index contributed by atoms with van der Waals surface area (Å²) in [4.78, 5) is 2.55. The lowest BCUT2D eigenvalue weighted by molar-refractivity contribution is -0.0285. The minimum atomic E-state index is 0.165. The molecule has 3 heteroatoms. The lowest BCUT2D eigenvalue weighted by Crippen LogP contribution is -2.60. The van der Waals surface area contributed by atoms with Gasteiger partial charge < -0.3 is 10.5 Å². The zero-order chi connectivity index (χ0) is 12.3. The van der Waals surface area contributed by atoms with Crippen molar-refractivity contribution in [1.29, 1.82) is 0 Å². The molecule has 2 rings (SSSR count). The first-order valence-electron chi connectivity index (χ1n) is 7.25. The summed E-state index contributed by atoms with van der Waals surface area (Å²) in [6.07, 6.45) is 6.53. The van der Waals surface area contributed by atoms with E-state index in [2.05, 4.69) is 18.7 Å². The molecule has 0 radical (unpaired) electrons. The van der Waals surface area contributed by atoms with Crippen LogP contribution in [0.3, 0.4) is 0 Å². The molecule has 100 valence electrons. The minimum Gasteiger partial charge on any atom is -0.379 e. The molecule has 1 saturated carbocycles. The van der Waals surface area contributed by atoms with E-state index in [1.54, 1.807) is 0 Å². The van der Waals surface area contributed by atoms with Crippen LogP contribution in [0.1, 0.15) is 46.0 Å². The van der Waals surface area contributed by atoms with E-state index in [0.717, 1.165) is 38.6 Å². The average molecular weight is 240 g/mol. The standard InChI is InChI=1S/C14H28N2O/c1-3-14(2,16-8-10-17-11-9-16)13(15)7-6-12-4-5-12/h12-13H,3-11,15H2,1-2H3. The van der Waals surface area contributed by atoms with Crippen molar-refractivity contribution < 1.29 is 4.74 Å². The van der Waals surface area contributed by atoms with Crippen LogP contribution in [0.15, 0.2) is 0 Å². The highest BCUT2D eigenvalue weighted by Gasteiger charge is 2.37. The van der Waals surface area contributed by atoms with Crippen LogP contribution in [0, 0.1) is 5.92 Å². The number of hydrogen-bond donors (Lipinski definition) is 1. The Morgan fingerprint density at radius 3 is 2.53 bits per heavy atom. The third-order valence-electron chi connectivity index (χ3n) is 4.83. The minimum absolute atomic E-state index is 0.165. The number of ether oxygens (including phenoxy) is 1. The first-order valence-corrected chi connectivity index (χ1v) is 7.25. The highest BCUT2D eigenvalue weighted by Crippen LogP contribution is 2.35. The number of hydrogen-bond acceptors (Lipinski definition) is 3. The molecule has 1 aliphatic heterocycles. The second-order valence-corrected chi connectivity index (χ2v) is 5.94. The smallest absolute Gasteiger partial charge is 0.0594 e. The first kappa shape index (κ1) is 13.3. The molecule has 0 aromatic rings. The molecule has 2 fully saturated rings. The number of morpholine rings is 1. The van der Waals surface area contributed by atoms with Crippen LogP contribution >= 0.6 is 0 Å². The quantitative estimate of drug-likeness (QED) is 0.772. The third kappa shape index (κ3) is 3.21.